The number of hydrogen-bond donors (Lipinski definition) is 0. The van der Waals surface area contributed by atoms with Gasteiger partial charge < -0.3 is 9.42 Å². The molecule has 1 atom stereocenters. The summed E-state index contributed by atoms with van der Waals surface area (Å²) in [5.74, 6) is 1.88. The van der Waals surface area contributed by atoms with Gasteiger partial charge in [-0.1, -0.05) is 19.0 Å². The summed E-state index contributed by atoms with van der Waals surface area (Å²) in [5.41, 5.74) is 0. The highest BCUT2D eigenvalue weighted by molar-refractivity contribution is 4.96. The predicted molar refractivity (Wildman–Crippen MR) is 65.9 cm³/mol. The first-order valence-electron chi connectivity index (χ1n) is 6.34. The van der Waals surface area contributed by atoms with Crippen molar-refractivity contribution in [3.05, 3.63) is 11.7 Å². The SMILES string of the molecule is CC(C)c1noc([C@H](C)N2CCN(C)CC2)n1. The van der Waals surface area contributed by atoms with Crippen LogP contribution < -0.4 is 0 Å². The number of aromatic nitrogens is 2. The van der Waals surface area contributed by atoms with Crippen molar-refractivity contribution in [3.8, 4) is 0 Å². The highest BCUT2D eigenvalue weighted by Gasteiger charge is 2.24. The van der Waals surface area contributed by atoms with E-state index in [-0.39, 0.29) is 6.04 Å². The number of rotatable bonds is 3. The van der Waals surface area contributed by atoms with E-state index in [1.165, 1.54) is 0 Å². The van der Waals surface area contributed by atoms with Gasteiger partial charge in [0.15, 0.2) is 5.82 Å². The van der Waals surface area contributed by atoms with E-state index < -0.39 is 0 Å². The smallest absolute Gasteiger partial charge is 0.243 e. The quantitative estimate of drug-likeness (QED) is 0.798. The van der Waals surface area contributed by atoms with Gasteiger partial charge in [-0.25, -0.2) is 0 Å². The molecule has 0 amide bonds. The first kappa shape index (κ1) is 12.5. The summed E-state index contributed by atoms with van der Waals surface area (Å²) in [6, 6.07) is 0.226. The lowest BCUT2D eigenvalue weighted by molar-refractivity contribution is 0.102. The highest BCUT2D eigenvalue weighted by atomic mass is 16.5. The molecule has 0 aliphatic carbocycles. The molecule has 0 bridgehead atoms. The molecule has 0 N–H and O–H groups in total. The van der Waals surface area contributed by atoms with Crippen LogP contribution in [0.5, 0.6) is 0 Å². The molecule has 17 heavy (non-hydrogen) atoms. The van der Waals surface area contributed by atoms with Crippen molar-refractivity contribution in [2.24, 2.45) is 0 Å². The van der Waals surface area contributed by atoms with E-state index in [1.807, 2.05) is 0 Å². The first-order chi connectivity index (χ1) is 8.08. The normalized spacial score (nSPS) is 21.0. The van der Waals surface area contributed by atoms with Gasteiger partial charge in [-0.15, -0.1) is 0 Å². The molecule has 0 unspecified atom stereocenters. The fourth-order valence-corrected chi connectivity index (χ4v) is 2.02. The van der Waals surface area contributed by atoms with Crippen LogP contribution in [-0.2, 0) is 0 Å². The molecule has 1 aliphatic rings. The molecule has 2 heterocycles. The van der Waals surface area contributed by atoms with E-state index in [2.05, 4.69) is 47.8 Å². The van der Waals surface area contributed by atoms with Crippen molar-refractivity contribution >= 4 is 0 Å². The molecule has 1 fully saturated rings. The molecular weight excluding hydrogens is 216 g/mol. The summed E-state index contributed by atoms with van der Waals surface area (Å²) < 4.78 is 5.35. The second-order valence-electron chi connectivity index (χ2n) is 5.16. The van der Waals surface area contributed by atoms with Gasteiger partial charge in [0.1, 0.15) is 0 Å². The van der Waals surface area contributed by atoms with Gasteiger partial charge >= 0.3 is 0 Å². The van der Waals surface area contributed by atoms with Crippen molar-refractivity contribution in [1.29, 1.82) is 0 Å². The average Bonchev–Trinajstić information content (AvgIpc) is 2.78. The molecule has 1 saturated heterocycles. The van der Waals surface area contributed by atoms with Crippen LogP contribution in [0, 0.1) is 0 Å². The molecule has 2 rings (SSSR count). The van der Waals surface area contributed by atoms with Crippen LogP contribution in [0.1, 0.15) is 44.4 Å². The van der Waals surface area contributed by atoms with Gasteiger partial charge in [0, 0.05) is 32.1 Å². The second kappa shape index (κ2) is 5.14. The molecule has 96 valence electrons. The number of piperazine rings is 1. The summed E-state index contributed by atoms with van der Waals surface area (Å²) in [5, 5.41) is 4.02. The molecule has 0 radical (unpaired) electrons. The predicted octanol–water partition coefficient (Wildman–Crippen LogP) is 1.50. The van der Waals surface area contributed by atoms with E-state index in [1.54, 1.807) is 0 Å². The molecular formula is C12H22N4O. The van der Waals surface area contributed by atoms with Crippen LogP contribution in [-0.4, -0.2) is 53.2 Å². The Hall–Kier alpha value is -0.940. The highest BCUT2D eigenvalue weighted by Crippen LogP contribution is 2.21. The fraction of sp³-hybridized carbons (Fsp3) is 0.833. The molecule has 0 aromatic carbocycles. The fourth-order valence-electron chi connectivity index (χ4n) is 2.02. The minimum atomic E-state index is 0.226. The molecule has 1 aromatic rings. The monoisotopic (exact) mass is 238 g/mol. The average molecular weight is 238 g/mol. The summed E-state index contributed by atoms with van der Waals surface area (Å²) in [6.07, 6.45) is 0. The van der Waals surface area contributed by atoms with Crippen LogP contribution in [0.3, 0.4) is 0 Å². The minimum absolute atomic E-state index is 0.226. The molecule has 1 aromatic heterocycles. The summed E-state index contributed by atoms with van der Waals surface area (Å²) in [6.45, 7) is 10.6. The standard InChI is InChI=1S/C12H22N4O/c1-9(2)11-13-12(17-14-11)10(3)16-7-5-15(4)6-8-16/h9-10H,5-8H2,1-4H3/t10-/m0/s1. The van der Waals surface area contributed by atoms with Crippen molar-refractivity contribution < 1.29 is 4.52 Å². The van der Waals surface area contributed by atoms with E-state index in [0.717, 1.165) is 37.9 Å². The molecule has 0 saturated carbocycles. The Morgan fingerprint density at radius 2 is 1.76 bits per heavy atom. The van der Waals surface area contributed by atoms with Crippen LogP contribution >= 0.6 is 0 Å². The maximum absolute atomic E-state index is 5.35. The maximum Gasteiger partial charge on any atom is 0.243 e. The van der Waals surface area contributed by atoms with Crippen molar-refractivity contribution in [2.75, 3.05) is 33.2 Å². The van der Waals surface area contributed by atoms with Crippen LogP contribution in [0.4, 0.5) is 0 Å². The second-order valence-corrected chi connectivity index (χ2v) is 5.16. The third-order valence-electron chi connectivity index (χ3n) is 3.42. The number of nitrogens with zero attached hydrogens (tertiary/aromatic N) is 4. The lowest BCUT2D eigenvalue weighted by Crippen LogP contribution is -2.45. The number of likely N-dealkylation sites (N-methyl/N-ethyl adjacent to an activating group) is 1. The Kier molecular flexibility index (Phi) is 3.79. The zero-order chi connectivity index (χ0) is 12.4. The third kappa shape index (κ3) is 2.84. The Morgan fingerprint density at radius 3 is 2.29 bits per heavy atom. The van der Waals surface area contributed by atoms with E-state index in [9.17, 15) is 0 Å². The lowest BCUT2D eigenvalue weighted by atomic mass is 10.2. The van der Waals surface area contributed by atoms with Gasteiger partial charge in [0.2, 0.25) is 5.89 Å². The van der Waals surface area contributed by atoms with Crippen LogP contribution in [0.15, 0.2) is 4.52 Å². The van der Waals surface area contributed by atoms with Crippen molar-refractivity contribution in [3.63, 3.8) is 0 Å². The van der Waals surface area contributed by atoms with E-state index in [4.69, 9.17) is 4.52 Å². The Morgan fingerprint density at radius 1 is 1.12 bits per heavy atom. The molecule has 5 nitrogen and oxygen atoms in total. The van der Waals surface area contributed by atoms with E-state index in [0.29, 0.717) is 5.92 Å². The molecule has 5 heteroatoms. The minimum Gasteiger partial charge on any atom is -0.338 e. The van der Waals surface area contributed by atoms with Gasteiger partial charge in [-0.05, 0) is 14.0 Å². The topological polar surface area (TPSA) is 45.4 Å². The van der Waals surface area contributed by atoms with Gasteiger partial charge in [-0.2, -0.15) is 4.98 Å². The Balaban J connectivity index is 2.01. The first-order valence-corrected chi connectivity index (χ1v) is 6.34. The van der Waals surface area contributed by atoms with Crippen LogP contribution in [0.25, 0.3) is 0 Å². The molecule has 1 aliphatic heterocycles. The lowest BCUT2D eigenvalue weighted by Gasteiger charge is -2.34. The van der Waals surface area contributed by atoms with Gasteiger partial charge in [-0.3, -0.25) is 4.90 Å². The van der Waals surface area contributed by atoms with Gasteiger partial charge in [0.25, 0.3) is 0 Å². The van der Waals surface area contributed by atoms with Gasteiger partial charge in [0.05, 0.1) is 6.04 Å². The molecule has 0 spiro atoms. The van der Waals surface area contributed by atoms with Crippen molar-refractivity contribution in [2.45, 2.75) is 32.7 Å². The largest absolute Gasteiger partial charge is 0.338 e. The Labute approximate surface area is 103 Å². The third-order valence-corrected chi connectivity index (χ3v) is 3.42. The summed E-state index contributed by atoms with van der Waals surface area (Å²) in [4.78, 5) is 9.22. The van der Waals surface area contributed by atoms with E-state index >= 15 is 0 Å². The summed E-state index contributed by atoms with van der Waals surface area (Å²) in [7, 11) is 2.16. The Bertz CT molecular complexity index is 355. The van der Waals surface area contributed by atoms with Crippen LogP contribution in [0.2, 0.25) is 0 Å². The maximum atomic E-state index is 5.35. The zero-order valence-electron chi connectivity index (χ0n) is 11.2. The zero-order valence-corrected chi connectivity index (χ0v) is 11.2. The summed E-state index contributed by atoms with van der Waals surface area (Å²) >= 11 is 0. The number of hydrogen-bond acceptors (Lipinski definition) is 5. The van der Waals surface area contributed by atoms with Crippen molar-refractivity contribution in [1.82, 2.24) is 19.9 Å².